The normalized spacial score (nSPS) is 21.7. The molecule has 0 radical (unpaired) electrons. The van der Waals surface area contributed by atoms with Gasteiger partial charge in [-0.05, 0) is 24.6 Å². The molecule has 0 spiro atoms. The Morgan fingerprint density at radius 3 is 3.12 bits per heavy atom. The number of hydrogen-bond acceptors (Lipinski definition) is 5. The van der Waals surface area contributed by atoms with Gasteiger partial charge in [-0.2, -0.15) is 4.80 Å². The second-order valence-electron chi connectivity index (χ2n) is 4.19. The van der Waals surface area contributed by atoms with Crippen molar-refractivity contribution in [3.8, 4) is 0 Å². The van der Waals surface area contributed by atoms with E-state index in [1.807, 2.05) is 0 Å². The zero-order valence-electron chi connectivity index (χ0n) is 9.52. The molecule has 16 heavy (non-hydrogen) atoms. The van der Waals surface area contributed by atoms with Crippen LogP contribution in [0.2, 0.25) is 0 Å². The lowest BCUT2D eigenvalue weighted by atomic mass is 10.0. The molecule has 0 aliphatic carbocycles. The van der Waals surface area contributed by atoms with Crippen molar-refractivity contribution in [2.75, 3.05) is 6.54 Å². The second-order valence-corrected chi connectivity index (χ2v) is 4.19. The van der Waals surface area contributed by atoms with Crippen LogP contribution in [0.4, 0.5) is 0 Å². The highest BCUT2D eigenvalue weighted by Gasteiger charge is 2.20. The number of Topliss-reactive ketones (excluding diaryl/α,β-unsaturated/α-hetero) is 1. The SMILES string of the molecule is Cn1nnc(CC(=O)C2CCCCCN2)n1. The molecule has 6 nitrogen and oxygen atoms in total. The highest BCUT2D eigenvalue weighted by Crippen LogP contribution is 2.10. The van der Waals surface area contributed by atoms with Gasteiger partial charge in [0.05, 0.1) is 19.5 Å². The molecule has 2 heterocycles. The van der Waals surface area contributed by atoms with E-state index in [0.29, 0.717) is 5.82 Å². The Morgan fingerprint density at radius 1 is 1.50 bits per heavy atom. The Labute approximate surface area is 94.4 Å². The molecule has 0 aromatic carbocycles. The molecule has 1 atom stereocenters. The van der Waals surface area contributed by atoms with Gasteiger partial charge in [0.15, 0.2) is 11.6 Å². The van der Waals surface area contributed by atoms with E-state index in [1.165, 1.54) is 11.2 Å². The first-order chi connectivity index (χ1) is 7.75. The Bertz CT molecular complexity index is 354. The van der Waals surface area contributed by atoms with Crippen LogP contribution in [0.1, 0.15) is 31.5 Å². The molecule has 1 aliphatic heterocycles. The highest BCUT2D eigenvalue weighted by atomic mass is 16.1. The number of hydrogen-bond donors (Lipinski definition) is 1. The van der Waals surface area contributed by atoms with Crippen molar-refractivity contribution in [3.05, 3.63) is 5.82 Å². The third-order valence-corrected chi connectivity index (χ3v) is 2.83. The van der Waals surface area contributed by atoms with Crippen molar-refractivity contribution in [3.63, 3.8) is 0 Å². The van der Waals surface area contributed by atoms with Gasteiger partial charge in [-0.15, -0.1) is 10.2 Å². The minimum absolute atomic E-state index is 0.0219. The van der Waals surface area contributed by atoms with Crippen molar-refractivity contribution < 1.29 is 4.79 Å². The minimum Gasteiger partial charge on any atom is -0.307 e. The molecule has 0 bridgehead atoms. The fourth-order valence-electron chi connectivity index (χ4n) is 1.98. The van der Waals surface area contributed by atoms with Gasteiger partial charge in [0.2, 0.25) is 0 Å². The summed E-state index contributed by atoms with van der Waals surface area (Å²) in [5.41, 5.74) is 0. The number of carbonyl (C=O) groups is 1. The molecule has 1 aromatic rings. The Hall–Kier alpha value is -1.30. The Kier molecular flexibility index (Phi) is 3.61. The van der Waals surface area contributed by atoms with Crippen LogP contribution in [0.25, 0.3) is 0 Å². The lowest BCUT2D eigenvalue weighted by Crippen LogP contribution is -2.37. The number of rotatable bonds is 3. The summed E-state index contributed by atoms with van der Waals surface area (Å²) in [6.07, 6.45) is 4.70. The summed E-state index contributed by atoms with van der Waals surface area (Å²) < 4.78 is 0. The Morgan fingerprint density at radius 2 is 2.38 bits per heavy atom. The van der Waals surface area contributed by atoms with E-state index in [-0.39, 0.29) is 18.2 Å². The van der Waals surface area contributed by atoms with Crippen LogP contribution in [-0.4, -0.2) is 38.6 Å². The van der Waals surface area contributed by atoms with Crippen molar-refractivity contribution in [2.24, 2.45) is 7.05 Å². The van der Waals surface area contributed by atoms with Crippen LogP contribution < -0.4 is 5.32 Å². The summed E-state index contributed by atoms with van der Waals surface area (Å²) in [6, 6.07) is -0.0219. The summed E-state index contributed by atoms with van der Waals surface area (Å²) in [5.74, 6) is 0.688. The standard InChI is InChI=1S/C10H17N5O/c1-15-13-10(12-14-15)7-9(16)8-5-3-2-4-6-11-8/h8,11H,2-7H2,1H3. The summed E-state index contributed by atoms with van der Waals surface area (Å²) in [7, 11) is 1.70. The van der Waals surface area contributed by atoms with Gasteiger partial charge in [-0.3, -0.25) is 4.79 Å². The Balaban J connectivity index is 1.91. The maximum atomic E-state index is 12.0. The van der Waals surface area contributed by atoms with Crippen molar-refractivity contribution in [2.45, 2.75) is 38.1 Å². The summed E-state index contributed by atoms with van der Waals surface area (Å²) in [4.78, 5) is 13.3. The van der Waals surface area contributed by atoms with Gasteiger partial charge in [-0.1, -0.05) is 12.8 Å². The monoisotopic (exact) mass is 223 g/mol. The van der Waals surface area contributed by atoms with Crippen molar-refractivity contribution in [1.29, 1.82) is 0 Å². The van der Waals surface area contributed by atoms with Crippen LogP contribution in [0, 0.1) is 0 Å². The van der Waals surface area contributed by atoms with Gasteiger partial charge in [0, 0.05) is 0 Å². The average molecular weight is 223 g/mol. The minimum atomic E-state index is -0.0219. The van der Waals surface area contributed by atoms with Gasteiger partial charge in [0.25, 0.3) is 0 Å². The third-order valence-electron chi connectivity index (χ3n) is 2.83. The predicted molar refractivity (Wildman–Crippen MR) is 57.8 cm³/mol. The zero-order chi connectivity index (χ0) is 11.4. The van der Waals surface area contributed by atoms with Crippen LogP contribution >= 0.6 is 0 Å². The molecular formula is C10H17N5O. The molecule has 1 aliphatic rings. The number of tetrazole rings is 1. The van der Waals surface area contributed by atoms with Gasteiger partial charge >= 0.3 is 0 Å². The number of aromatic nitrogens is 4. The summed E-state index contributed by atoms with van der Waals surface area (Å²) >= 11 is 0. The second kappa shape index (κ2) is 5.16. The van der Waals surface area contributed by atoms with Crippen LogP contribution in [-0.2, 0) is 18.3 Å². The predicted octanol–water partition coefficient (Wildman–Crippen LogP) is -0.146. The van der Waals surface area contributed by atoms with E-state index in [2.05, 4.69) is 20.7 Å². The quantitative estimate of drug-likeness (QED) is 0.771. The molecule has 1 aromatic heterocycles. The molecule has 6 heteroatoms. The molecule has 1 N–H and O–H groups in total. The van der Waals surface area contributed by atoms with E-state index < -0.39 is 0 Å². The maximum absolute atomic E-state index is 12.0. The van der Waals surface area contributed by atoms with E-state index in [0.717, 1.165) is 25.8 Å². The van der Waals surface area contributed by atoms with E-state index in [1.54, 1.807) is 7.05 Å². The first kappa shape index (κ1) is 11.2. The van der Waals surface area contributed by atoms with E-state index in [4.69, 9.17) is 0 Å². The molecule has 0 saturated carbocycles. The lowest BCUT2D eigenvalue weighted by molar-refractivity contribution is -0.120. The van der Waals surface area contributed by atoms with Gasteiger partial charge in [-0.25, -0.2) is 0 Å². The smallest absolute Gasteiger partial charge is 0.182 e. The highest BCUT2D eigenvalue weighted by molar-refractivity contribution is 5.85. The molecule has 0 amide bonds. The van der Waals surface area contributed by atoms with Gasteiger partial charge < -0.3 is 5.32 Å². The summed E-state index contributed by atoms with van der Waals surface area (Å²) in [5, 5.41) is 14.8. The first-order valence-electron chi connectivity index (χ1n) is 5.74. The van der Waals surface area contributed by atoms with Crippen LogP contribution in [0.3, 0.4) is 0 Å². The lowest BCUT2D eigenvalue weighted by Gasteiger charge is -2.12. The topological polar surface area (TPSA) is 72.7 Å². The third kappa shape index (κ3) is 2.85. The number of aryl methyl sites for hydroxylation is 1. The average Bonchev–Trinajstić information content (AvgIpc) is 2.56. The van der Waals surface area contributed by atoms with Crippen LogP contribution in [0.5, 0.6) is 0 Å². The molecule has 1 saturated heterocycles. The van der Waals surface area contributed by atoms with Crippen molar-refractivity contribution >= 4 is 5.78 Å². The zero-order valence-corrected chi connectivity index (χ0v) is 9.52. The number of nitrogens with zero attached hydrogens (tertiary/aromatic N) is 4. The van der Waals surface area contributed by atoms with E-state index in [9.17, 15) is 4.79 Å². The number of carbonyl (C=O) groups excluding carboxylic acids is 1. The molecular weight excluding hydrogens is 206 g/mol. The molecule has 1 unspecified atom stereocenters. The molecule has 1 fully saturated rings. The largest absolute Gasteiger partial charge is 0.307 e. The van der Waals surface area contributed by atoms with E-state index >= 15 is 0 Å². The van der Waals surface area contributed by atoms with Gasteiger partial charge in [0.1, 0.15) is 0 Å². The molecule has 2 rings (SSSR count). The summed E-state index contributed by atoms with van der Waals surface area (Å²) in [6.45, 7) is 0.935. The maximum Gasteiger partial charge on any atom is 0.182 e. The van der Waals surface area contributed by atoms with Crippen molar-refractivity contribution in [1.82, 2.24) is 25.5 Å². The van der Waals surface area contributed by atoms with Crippen LogP contribution in [0.15, 0.2) is 0 Å². The fourth-order valence-corrected chi connectivity index (χ4v) is 1.98. The first-order valence-corrected chi connectivity index (χ1v) is 5.74. The fraction of sp³-hybridized carbons (Fsp3) is 0.800. The molecule has 88 valence electrons. The number of nitrogens with one attached hydrogen (secondary N) is 1. The number of ketones is 1.